The molecule has 0 spiro atoms. The molecule has 1 aliphatic carbocycles. The minimum Gasteiger partial charge on any atom is -0.381 e. The van der Waals surface area contributed by atoms with Crippen molar-refractivity contribution >= 4 is 151 Å². The largest absolute Gasteiger partial charge is 0.381 e. The van der Waals surface area contributed by atoms with Gasteiger partial charge in [0, 0.05) is 179 Å². The summed E-state index contributed by atoms with van der Waals surface area (Å²) in [5, 5.41) is 0. The van der Waals surface area contributed by atoms with Crippen LogP contribution < -0.4 is 0 Å². The molecule has 0 aromatic carbocycles. The molecule has 0 bridgehead atoms. The van der Waals surface area contributed by atoms with Gasteiger partial charge in [0.05, 0.1) is 13.2 Å². The van der Waals surface area contributed by atoms with E-state index < -0.39 is 47.4 Å². The zero-order chi connectivity index (χ0) is 45.0. The first-order chi connectivity index (χ1) is 28.0. The summed E-state index contributed by atoms with van der Waals surface area (Å²) in [7, 11) is 59.2. The standard InChI is InChI=1S/C35H68B20O4S/c1-28(2)27-59-24-12-18-32-31(46(32)54(50(40)41)52(44)48(36)37)16-10-22-57-20-8-14-29-26-30(29)15-9-21-58-23-11-17-33-34(19-13-25-60(6,7,56)35(3,4)5)47(33)55(51(42)43)53(45)49(38)39/h28-34H,8-27H2,1-7H3. The molecular weight excluding hydrogens is 733 g/mol. The lowest BCUT2D eigenvalue weighted by Gasteiger charge is -2.46. The van der Waals surface area contributed by atoms with Crippen LogP contribution in [-0.2, 0) is 23.3 Å². The van der Waals surface area contributed by atoms with E-state index in [1.165, 1.54) is 19.3 Å². The molecule has 0 aromatic heterocycles. The summed E-state index contributed by atoms with van der Waals surface area (Å²) in [4.78, 5) is 0. The minimum absolute atomic E-state index is 0.0922. The van der Waals surface area contributed by atoms with Crippen LogP contribution in [0.3, 0.4) is 0 Å². The second kappa shape index (κ2) is 25.5. The van der Waals surface area contributed by atoms with Gasteiger partial charge < -0.3 is 14.2 Å². The third-order valence-electron chi connectivity index (χ3n) is 15.3. The van der Waals surface area contributed by atoms with Crippen LogP contribution in [0.4, 0.5) is 0 Å². The van der Waals surface area contributed by atoms with Crippen molar-refractivity contribution in [3.8, 4) is 0 Å². The lowest BCUT2D eigenvalue weighted by atomic mass is 8.57. The van der Waals surface area contributed by atoms with Crippen molar-refractivity contribution in [2.24, 2.45) is 17.8 Å². The average Bonchev–Trinajstić information content (AvgIpc) is 4.09. The van der Waals surface area contributed by atoms with Crippen molar-refractivity contribution in [3.63, 3.8) is 0 Å². The van der Waals surface area contributed by atoms with E-state index in [0.717, 1.165) is 116 Å². The maximum absolute atomic E-state index is 13.9. The van der Waals surface area contributed by atoms with Gasteiger partial charge in [-0.15, -0.1) is 0 Å². The van der Waals surface area contributed by atoms with Crippen LogP contribution in [0.25, 0.3) is 0 Å². The lowest BCUT2D eigenvalue weighted by molar-refractivity contribution is 0.106. The zero-order valence-electron chi connectivity index (χ0n) is 39.3. The molecular formula is C35H68B20O4S. The van der Waals surface area contributed by atoms with Crippen molar-refractivity contribution in [2.45, 2.75) is 146 Å². The molecule has 1 saturated carbocycles. The van der Waals surface area contributed by atoms with Gasteiger partial charge in [-0.25, -0.2) is 0 Å². The molecule has 6 atom stereocenters. The Kier molecular flexibility index (Phi) is 23.6. The molecule has 0 N–H and O–H groups in total. The van der Waals surface area contributed by atoms with Crippen molar-refractivity contribution in [3.05, 3.63) is 0 Å². The van der Waals surface area contributed by atoms with E-state index in [1.807, 2.05) is 12.5 Å². The quantitative estimate of drug-likeness (QED) is 0.0735. The molecule has 0 aromatic rings. The monoisotopic (exact) mass is 805 g/mol. The first kappa shape index (κ1) is 55.7. The van der Waals surface area contributed by atoms with Gasteiger partial charge in [-0.1, -0.05) is 92.6 Å². The topological polar surface area (TPSA) is 44.8 Å². The Morgan fingerprint density at radius 1 is 0.550 bits per heavy atom. The van der Waals surface area contributed by atoms with Crippen LogP contribution in [0, 0.1) is 17.8 Å². The van der Waals surface area contributed by atoms with E-state index in [1.54, 1.807) is 0 Å². The Morgan fingerprint density at radius 3 is 1.20 bits per heavy atom. The van der Waals surface area contributed by atoms with Crippen molar-refractivity contribution in [1.29, 1.82) is 0 Å². The third kappa shape index (κ3) is 17.5. The van der Waals surface area contributed by atoms with Gasteiger partial charge in [0.2, 0.25) is 0 Å². The Hall–Kier alpha value is 1.33. The van der Waals surface area contributed by atoms with E-state index >= 15 is 0 Å². The van der Waals surface area contributed by atoms with E-state index in [9.17, 15) is 4.21 Å². The molecule has 2 saturated heterocycles. The van der Waals surface area contributed by atoms with Gasteiger partial charge in [-0.2, -0.15) is 0 Å². The molecule has 25 heteroatoms. The predicted molar refractivity (Wildman–Crippen MR) is 289 cm³/mol. The van der Waals surface area contributed by atoms with Gasteiger partial charge in [0.25, 0.3) is 0 Å². The van der Waals surface area contributed by atoms with Gasteiger partial charge >= 0.3 is 0 Å². The second-order valence-corrected chi connectivity index (χ2v) is 27.4. The molecule has 60 heavy (non-hydrogen) atoms. The van der Waals surface area contributed by atoms with Crippen LogP contribution in [0.15, 0.2) is 0 Å². The first-order valence-corrected chi connectivity index (χ1v) is 26.8. The minimum atomic E-state index is -2.78. The van der Waals surface area contributed by atoms with Crippen molar-refractivity contribution < 1.29 is 18.4 Å². The van der Waals surface area contributed by atoms with E-state index in [-0.39, 0.29) is 24.1 Å². The van der Waals surface area contributed by atoms with Crippen LogP contribution in [0.2, 0.25) is 23.3 Å². The third-order valence-corrected chi connectivity index (χ3v) is 20.6. The van der Waals surface area contributed by atoms with Gasteiger partial charge in [0.15, 0.2) is 0 Å². The number of rotatable bonds is 34. The highest BCUT2D eigenvalue weighted by Gasteiger charge is 2.58. The fraction of sp³-hybridized carbons (Fsp3) is 1.00. The second-order valence-electron chi connectivity index (χ2n) is 21.6. The zero-order valence-corrected chi connectivity index (χ0v) is 40.1. The Labute approximate surface area is 388 Å². The summed E-state index contributed by atoms with van der Waals surface area (Å²) in [5.41, 5.74) is 0. The fourth-order valence-corrected chi connectivity index (χ4v) is 12.1. The van der Waals surface area contributed by atoms with E-state index in [2.05, 4.69) is 34.6 Å². The molecule has 3 rings (SSSR count). The summed E-state index contributed by atoms with van der Waals surface area (Å²) in [6, 6.07) is 0. The molecule has 6 unspecified atom stereocenters. The summed E-state index contributed by atoms with van der Waals surface area (Å²) in [5.74, 6) is 4.84. The molecule has 2 heterocycles. The first-order valence-electron chi connectivity index (χ1n) is 23.9. The van der Waals surface area contributed by atoms with Gasteiger partial charge in [0.1, 0.15) is 0 Å². The van der Waals surface area contributed by atoms with Gasteiger partial charge in [-0.3, -0.25) is 4.21 Å². The van der Waals surface area contributed by atoms with Crippen LogP contribution in [-0.4, -0.2) is 209 Å². The summed E-state index contributed by atoms with van der Waals surface area (Å²) >= 11 is 0. The van der Waals surface area contributed by atoms with E-state index in [0.29, 0.717) is 41.5 Å². The number of hydrogen-bond acceptors (Lipinski definition) is 4. The summed E-state index contributed by atoms with van der Waals surface area (Å²) in [6.07, 6.45) is 14.5. The maximum atomic E-state index is 13.9. The molecule has 298 valence electrons. The van der Waals surface area contributed by atoms with Crippen LogP contribution in [0.5, 0.6) is 0 Å². The normalized spacial score (nSPS) is 22.8. The molecule has 3 aliphatic rings. The highest BCUT2D eigenvalue weighted by atomic mass is 32.3. The summed E-state index contributed by atoms with van der Waals surface area (Å²) < 4.78 is 31.7. The molecule has 3 fully saturated rings. The van der Waals surface area contributed by atoms with Crippen LogP contribution in [0.1, 0.15) is 118 Å². The Bertz CT molecular complexity index is 1290. The lowest BCUT2D eigenvalue weighted by Crippen LogP contribution is -2.63. The smallest absolute Gasteiger partial charge is 0.0969 e. The van der Waals surface area contributed by atoms with Gasteiger partial charge in [-0.05, 0) is 88.1 Å². The molecule has 0 amide bonds. The highest BCUT2D eigenvalue weighted by Crippen LogP contribution is 2.58. The average molecular weight is 801 g/mol. The Morgan fingerprint density at radius 2 is 0.883 bits per heavy atom. The van der Waals surface area contributed by atoms with E-state index in [4.69, 9.17) is 91.6 Å². The van der Waals surface area contributed by atoms with Crippen LogP contribution >= 0.6 is 0 Å². The summed E-state index contributed by atoms with van der Waals surface area (Å²) in [6.45, 7) is 15.9. The predicted octanol–water partition coefficient (Wildman–Crippen LogP) is 1.62. The molecule has 2 aliphatic heterocycles. The fourth-order valence-electron chi connectivity index (χ4n) is 10.5. The highest BCUT2D eigenvalue weighted by molar-refractivity contribution is 8.19. The SMILES string of the molecule is [B]B([B])B([B])B(B([B])[B])B1C(CCCOCCCC2CC2CCCOCCCC2B(B(B([B])[B])B([B])B([B])[B])C2CCCS(C)(C)(=O)C(C)(C)C)C1CCCOCC(C)C. The maximum Gasteiger partial charge on any atom is 0.0969 e. The Balaban J connectivity index is 1.28. The molecule has 4 nitrogen and oxygen atoms in total. The van der Waals surface area contributed by atoms with Crippen molar-refractivity contribution in [2.75, 3.05) is 57.9 Å². The number of hydrogen-bond donors (Lipinski definition) is 0. The molecule has 20 radical (unpaired) electrons. The number of ether oxygens (including phenoxy) is 3. The van der Waals surface area contributed by atoms with Crippen molar-refractivity contribution in [1.82, 2.24) is 0 Å².